The van der Waals surface area contributed by atoms with E-state index in [4.69, 9.17) is 10.4 Å². The van der Waals surface area contributed by atoms with Gasteiger partial charge in [-0.15, -0.1) is 5.10 Å². The number of carboxylic acids is 1. The molecule has 19 heavy (non-hydrogen) atoms. The maximum absolute atomic E-state index is 11.0. The van der Waals surface area contributed by atoms with E-state index in [1.54, 1.807) is 12.2 Å². The van der Waals surface area contributed by atoms with Crippen molar-refractivity contribution in [1.29, 1.82) is 5.26 Å². The number of nitriles is 1. The van der Waals surface area contributed by atoms with Crippen LogP contribution in [-0.2, 0) is 6.54 Å². The molecule has 1 N–H and O–H groups in total. The van der Waals surface area contributed by atoms with Crippen LogP contribution in [0.5, 0.6) is 0 Å². The summed E-state index contributed by atoms with van der Waals surface area (Å²) < 4.78 is 1.25. The molecule has 2 aromatic rings. The van der Waals surface area contributed by atoms with Crippen molar-refractivity contribution < 1.29 is 9.90 Å². The fraction of sp³-hybridized carbons (Fsp3) is 0.0769. The Bertz CT molecular complexity index is 653. The molecule has 6 heteroatoms. The number of benzene rings is 1. The van der Waals surface area contributed by atoms with Crippen LogP contribution < -0.4 is 0 Å². The molecule has 0 amide bonds. The fourth-order valence-electron chi connectivity index (χ4n) is 1.56. The number of rotatable bonds is 4. The summed E-state index contributed by atoms with van der Waals surface area (Å²) in [5.74, 6) is -1.17. The van der Waals surface area contributed by atoms with Crippen molar-refractivity contribution in [3.63, 3.8) is 0 Å². The van der Waals surface area contributed by atoms with Gasteiger partial charge in [-0.25, -0.2) is 9.48 Å². The summed E-state index contributed by atoms with van der Waals surface area (Å²) in [5.41, 5.74) is 1.06. The van der Waals surface area contributed by atoms with Crippen molar-refractivity contribution in [2.45, 2.75) is 6.54 Å². The van der Waals surface area contributed by atoms with Crippen LogP contribution in [0, 0.1) is 11.3 Å². The molecule has 0 aliphatic carbocycles. The predicted molar refractivity (Wildman–Crippen MR) is 68.0 cm³/mol. The van der Waals surface area contributed by atoms with Gasteiger partial charge in [0.05, 0.1) is 11.8 Å². The molecule has 0 saturated heterocycles. The van der Waals surface area contributed by atoms with E-state index in [1.807, 2.05) is 36.4 Å². The molecule has 6 nitrogen and oxygen atoms in total. The summed E-state index contributed by atoms with van der Waals surface area (Å²) in [7, 11) is 0. The zero-order valence-electron chi connectivity index (χ0n) is 9.89. The molecule has 0 aliphatic rings. The van der Waals surface area contributed by atoms with Gasteiger partial charge >= 0.3 is 5.97 Å². The molecule has 0 bridgehead atoms. The first kappa shape index (κ1) is 12.5. The molecule has 0 saturated carbocycles. The molecular formula is C13H10N4O2. The van der Waals surface area contributed by atoms with Gasteiger partial charge in [0.2, 0.25) is 0 Å². The number of aromatic carboxylic acids is 1. The van der Waals surface area contributed by atoms with E-state index in [0.717, 1.165) is 5.56 Å². The van der Waals surface area contributed by atoms with E-state index < -0.39 is 5.97 Å². The average Bonchev–Trinajstić information content (AvgIpc) is 2.81. The maximum Gasteiger partial charge on any atom is 0.358 e. The highest BCUT2D eigenvalue weighted by molar-refractivity contribution is 5.90. The highest BCUT2D eigenvalue weighted by Gasteiger charge is 2.16. The topological polar surface area (TPSA) is 91.8 Å². The minimum absolute atomic E-state index is 0.0469. The minimum atomic E-state index is -1.17. The average molecular weight is 254 g/mol. The summed E-state index contributed by atoms with van der Waals surface area (Å²) in [6, 6.07) is 11.3. The first-order valence-electron chi connectivity index (χ1n) is 5.49. The second-order valence-electron chi connectivity index (χ2n) is 3.69. The largest absolute Gasteiger partial charge is 0.476 e. The lowest BCUT2D eigenvalue weighted by atomic mass is 10.2. The van der Waals surface area contributed by atoms with Crippen LogP contribution in [0.3, 0.4) is 0 Å². The SMILES string of the molecule is N#CCn1nnc(C(=O)O)c1/C=C/c1ccccc1. The third kappa shape index (κ3) is 2.84. The molecule has 1 heterocycles. The van der Waals surface area contributed by atoms with E-state index >= 15 is 0 Å². The van der Waals surface area contributed by atoms with Crippen molar-refractivity contribution in [3.8, 4) is 6.07 Å². The fourth-order valence-corrected chi connectivity index (χ4v) is 1.56. The lowest BCUT2D eigenvalue weighted by Crippen LogP contribution is -2.03. The van der Waals surface area contributed by atoms with Gasteiger partial charge in [-0.1, -0.05) is 41.6 Å². The Hall–Kier alpha value is -2.94. The van der Waals surface area contributed by atoms with Crippen molar-refractivity contribution in [2.24, 2.45) is 0 Å². The number of nitrogens with zero attached hydrogens (tertiary/aromatic N) is 4. The Kier molecular flexibility index (Phi) is 3.69. The highest BCUT2D eigenvalue weighted by Crippen LogP contribution is 2.11. The quantitative estimate of drug-likeness (QED) is 0.895. The van der Waals surface area contributed by atoms with E-state index in [9.17, 15) is 4.79 Å². The Morgan fingerprint density at radius 2 is 2.11 bits per heavy atom. The van der Waals surface area contributed by atoms with Gasteiger partial charge in [0, 0.05) is 0 Å². The summed E-state index contributed by atoms with van der Waals surface area (Å²) >= 11 is 0. The summed E-state index contributed by atoms with van der Waals surface area (Å²) in [4.78, 5) is 11.0. The number of carbonyl (C=O) groups is 1. The van der Waals surface area contributed by atoms with E-state index in [0.29, 0.717) is 5.69 Å². The van der Waals surface area contributed by atoms with Crippen LogP contribution in [0.15, 0.2) is 30.3 Å². The van der Waals surface area contributed by atoms with Gasteiger partial charge in [-0.05, 0) is 11.6 Å². The summed E-state index contributed by atoms with van der Waals surface area (Å²) in [6.45, 7) is -0.0469. The van der Waals surface area contributed by atoms with Crippen LogP contribution in [0.2, 0.25) is 0 Å². The second-order valence-corrected chi connectivity index (χ2v) is 3.69. The Balaban J connectivity index is 2.38. The lowest BCUT2D eigenvalue weighted by molar-refractivity contribution is 0.0690. The molecule has 0 unspecified atom stereocenters. The van der Waals surface area contributed by atoms with Gasteiger partial charge in [-0.3, -0.25) is 0 Å². The van der Waals surface area contributed by atoms with Crippen LogP contribution >= 0.6 is 0 Å². The lowest BCUT2D eigenvalue weighted by Gasteiger charge is -1.97. The second kappa shape index (κ2) is 5.60. The van der Waals surface area contributed by atoms with Gasteiger partial charge in [0.15, 0.2) is 5.69 Å². The van der Waals surface area contributed by atoms with Crippen molar-refractivity contribution in [3.05, 3.63) is 47.3 Å². The molecular weight excluding hydrogens is 244 g/mol. The smallest absolute Gasteiger partial charge is 0.358 e. The molecule has 0 fully saturated rings. The zero-order chi connectivity index (χ0) is 13.7. The molecule has 0 spiro atoms. The van der Waals surface area contributed by atoms with Crippen LogP contribution in [0.1, 0.15) is 21.7 Å². The van der Waals surface area contributed by atoms with E-state index in [-0.39, 0.29) is 12.2 Å². The normalized spacial score (nSPS) is 10.5. The third-order valence-corrected chi connectivity index (χ3v) is 2.43. The van der Waals surface area contributed by atoms with E-state index in [1.165, 1.54) is 4.68 Å². The molecule has 0 radical (unpaired) electrons. The van der Waals surface area contributed by atoms with Gasteiger partial charge in [-0.2, -0.15) is 5.26 Å². The number of hydrogen-bond acceptors (Lipinski definition) is 4. The van der Waals surface area contributed by atoms with E-state index in [2.05, 4.69) is 10.3 Å². The number of carboxylic acid groups (broad SMARTS) is 1. The molecule has 0 aliphatic heterocycles. The Morgan fingerprint density at radius 1 is 1.37 bits per heavy atom. The van der Waals surface area contributed by atoms with Gasteiger partial charge < -0.3 is 5.11 Å². The third-order valence-electron chi connectivity index (χ3n) is 2.43. The standard InChI is InChI=1S/C13H10N4O2/c14-8-9-17-11(12(13(18)19)15-16-17)7-6-10-4-2-1-3-5-10/h1-7H,9H2,(H,18,19)/b7-6+. The molecule has 1 aromatic carbocycles. The van der Waals surface area contributed by atoms with Crippen molar-refractivity contribution in [2.75, 3.05) is 0 Å². The predicted octanol–water partition coefficient (Wildman–Crippen LogP) is 1.67. The van der Waals surface area contributed by atoms with Gasteiger partial charge in [0.25, 0.3) is 0 Å². The van der Waals surface area contributed by atoms with Gasteiger partial charge in [0.1, 0.15) is 6.54 Å². The molecule has 1 aromatic heterocycles. The van der Waals surface area contributed by atoms with Crippen LogP contribution in [0.25, 0.3) is 12.2 Å². The molecule has 94 valence electrons. The Labute approximate surface area is 109 Å². The summed E-state index contributed by atoms with van der Waals surface area (Å²) in [5, 5.41) is 24.9. The first-order valence-corrected chi connectivity index (χ1v) is 5.49. The van der Waals surface area contributed by atoms with Crippen molar-refractivity contribution >= 4 is 18.1 Å². The number of aromatic nitrogens is 3. The first-order chi connectivity index (χ1) is 9.22. The van der Waals surface area contributed by atoms with Crippen LogP contribution in [-0.4, -0.2) is 26.1 Å². The number of hydrogen-bond donors (Lipinski definition) is 1. The minimum Gasteiger partial charge on any atom is -0.476 e. The maximum atomic E-state index is 11.0. The molecule has 0 atom stereocenters. The molecule has 2 rings (SSSR count). The Morgan fingerprint density at radius 3 is 2.74 bits per heavy atom. The van der Waals surface area contributed by atoms with Crippen LogP contribution in [0.4, 0.5) is 0 Å². The highest BCUT2D eigenvalue weighted by atomic mass is 16.4. The summed E-state index contributed by atoms with van der Waals surface area (Å²) in [6.07, 6.45) is 3.34. The van der Waals surface area contributed by atoms with Crippen molar-refractivity contribution in [1.82, 2.24) is 15.0 Å². The zero-order valence-corrected chi connectivity index (χ0v) is 9.89. The monoisotopic (exact) mass is 254 g/mol.